The Morgan fingerprint density at radius 1 is 0.938 bits per heavy atom. The highest BCUT2D eigenvalue weighted by atomic mass is 35.5. The lowest BCUT2D eigenvalue weighted by Gasteiger charge is -2.11. The van der Waals surface area contributed by atoms with E-state index in [1.165, 1.54) is 12.1 Å². The topological polar surface area (TPSA) is 75.4 Å². The predicted octanol–water partition coefficient (Wildman–Crippen LogP) is 6.73. The van der Waals surface area contributed by atoms with Crippen molar-refractivity contribution in [3.63, 3.8) is 0 Å². The average Bonchev–Trinajstić information content (AvgIpc) is 2.68. The van der Waals surface area contributed by atoms with Crippen molar-refractivity contribution in [1.29, 1.82) is 0 Å². The van der Waals surface area contributed by atoms with Crippen molar-refractivity contribution in [2.45, 2.75) is 18.9 Å². The van der Waals surface area contributed by atoms with Crippen LogP contribution in [0.5, 0.6) is 0 Å². The minimum Gasteiger partial charge on any atom is -0.340 e. The van der Waals surface area contributed by atoms with Crippen LogP contribution in [-0.2, 0) is 18.9 Å². The number of nitrogens with zero attached hydrogens (tertiary/aromatic N) is 5. The first-order valence-electron chi connectivity index (χ1n) is 8.50. The van der Waals surface area contributed by atoms with Gasteiger partial charge in [-0.2, -0.15) is 41.4 Å². The SMILES string of the molecule is Fc1ccc(Nc2cc(Cl)nc(N=NCc3ccc(C(F)(F)F)nc3)n2)cc1C(F)(F)F. The zero-order chi connectivity index (χ0) is 23.5. The van der Waals surface area contributed by atoms with Gasteiger partial charge in [-0.3, -0.25) is 4.98 Å². The van der Waals surface area contributed by atoms with Crippen LogP contribution in [-0.4, -0.2) is 15.0 Å². The lowest BCUT2D eigenvalue weighted by molar-refractivity contribution is -0.141. The maximum atomic E-state index is 13.4. The summed E-state index contributed by atoms with van der Waals surface area (Å²) in [4.78, 5) is 11.0. The third-order valence-electron chi connectivity index (χ3n) is 3.76. The van der Waals surface area contributed by atoms with E-state index in [0.717, 1.165) is 18.3 Å². The van der Waals surface area contributed by atoms with Crippen LogP contribution in [0, 0.1) is 5.82 Å². The quantitative estimate of drug-likeness (QED) is 0.251. The van der Waals surface area contributed by atoms with Crippen LogP contribution < -0.4 is 5.32 Å². The van der Waals surface area contributed by atoms with E-state index in [2.05, 4.69) is 30.5 Å². The zero-order valence-corrected chi connectivity index (χ0v) is 16.3. The summed E-state index contributed by atoms with van der Waals surface area (Å²) in [5.74, 6) is -1.75. The summed E-state index contributed by atoms with van der Waals surface area (Å²) in [5, 5.41) is 9.85. The molecule has 1 N–H and O–H groups in total. The van der Waals surface area contributed by atoms with Gasteiger partial charge in [0.2, 0.25) is 0 Å². The molecule has 0 aliphatic carbocycles. The second kappa shape index (κ2) is 9.02. The van der Waals surface area contributed by atoms with Crippen LogP contribution in [0.25, 0.3) is 0 Å². The third kappa shape index (κ3) is 6.09. The van der Waals surface area contributed by atoms with E-state index < -0.39 is 29.4 Å². The lowest BCUT2D eigenvalue weighted by Crippen LogP contribution is -2.08. The highest BCUT2D eigenvalue weighted by molar-refractivity contribution is 6.29. The molecule has 0 unspecified atom stereocenters. The second-order valence-electron chi connectivity index (χ2n) is 6.14. The van der Waals surface area contributed by atoms with Crippen molar-refractivity contribution in [2.75, 3.05) is 5.32 Å². The summed E-state index contributed by atoms with van der Waals surface area (Å²) in [6, 6.07) is 5.43. The van der Waals surface area contributed by atoms with E-state index in [9.17, 15) is 30.7 Å². The first-order valence-corrected chi connectivity index (χ1v) is 8.87. The van der Waals surface area contributed by atoms with Gasteiger partial charge in [0.15, 0.2) is 0 Å². The Labute approximate surface area is 180 Å². The van der Waals surface area contributed by atoms with Gasteiger partial charge >= 0.3 is 12.4 Å². The maximum absolute atomic E-state index is 13.4. The maximum Gasteiger partial charge on any atom is 0.433 e. The van der Waals surface area contributed by atoms with E-state index in [1.54, 1.807) is 0 Å². The summed E-state index contributed by atoms with van der Waals surface area (Å²) in [7, 11) is 0. The number of aromatic nitrogens is 3. The van der Waals surface area contributed by atoms with Gasteiger partial charge in [-0.15, -0.1) is 5.11 Å². The number of anilines is 2. The molecule has 1 aromatic carbocycles. The number of pyridine rings is 1. The summed E-state index contributed by atoms with van der Waals surface area (Å²) in [6.07, 6.45) is -8.47. The van der Waals surface area contributed by atoms with Gasteiger partial charge in [-0.05, 0) is 29.8 Å². The average molecular weight is 479 g/mol. The fourth-order valence-electron chi connectivity index (χ4n) is 2.35. The predicted molar refractivity (Wildman–Crippen MR) is 99.2 cm³/mol. The van der Waals surface area contributed by atoms with Gasteiger partial charge in [0.05, 0.1) is 12.1 Å². The molecule has 2 heterocycles. The van der Waals surface area contributed by atoms with Crippen molar-refractivity contribution >= 4 is 29.1 Å². The molecular weight excluding hydrogens is 469 g/mol. The van der Waals surface area contributed by atoms with Gasteiger partial charge in [0.25, 0.3) is 5.95 Å². The second-order valence-corrected chi connectivity index (χ2v) is 6.53. The molecule has 2 aromatic heterocycles. The van der Waals surface area contributed by atoms with E-state index in [-0.39, 0.29) is 29.2 Å². The van der Waals surface area contributed by atoms with Crippen LogP contribution in [0.1, 0.15) is 16.8 Å². The molecule has 0 saturated heterocycles. The molecule has 0 aliphatic heterocycles. The monoisotopic (exact) mass is 478 g/mol. The third-order valence-corrected chi connectivity index (χ3v) is 3.95. The largest absolute Gasteiger partial charge is 0.433 e. The van der Waals surface area contributed by atoms with Gasteiger partial charge in [-0.25, -0.2) is 4.39 Å². The Kier molecular flexibility index (Phi) is 6.57. The lowest BCUT2D eigenvalue weighted by atomic mass is 10.2. The van der Waals surface area contributed by atoms with Crippen molar-refractivity contribution < 1.29 is 30.7 Å². The molecule has 0 atom stereocenters. The summed E-state index contributed by atoms with van der Waals surface area (Å²) in [6.45, 7) is -0.142. The van der Waals surface area contributed by atoms with Crippen molar-refractivity contribution in [1.82, 2.24) is 15.0 Å². The van der Waals surface area contributed by atoms with E-state index in [4.69, 9.17) is 11.6 Å². The molecule has 168 valence electrons. The zero-order valence-electron chi connectivity index (χ0n) is 15.5. The number of nitrogens with one attached hydrogen (secondary N) is 1. The molecule has 3 aromatic rings. The van der Waals surface area contributed by atoms with Crippen LogP contribution in [0.3, 0.4) is 0 Å². The number of hydrogen-bond donors (Lipinski definition) is 1. The van der Waals surface area contributed by atoms with Crippen molar-refractivity contribution in [2.24, 2.45) is 10.2 Å². The number of azo groups is 1. The molecule has 0 amide bonds. The number of rotatable bonds is 5. The van der Waals surface area contributed by atoms with Crippen molar-refractivity contribution in [3.8, 4) is 0 Å². The molecule has 6 nitrogen and oxygen atoms in total. The Hall–Kier alpha value is -3.35. The fraction of sp³-hybridized carbons (Fsp3) is 0.167. The van der Waals surface area contributed by atoms with Gasteiger partial charge in [0.1, 0.15) is 22.5 Å². The molecule has 0 aliphatic rings. The number of benzene rings is 1. The number of halogens is 8. The number of alkyl halides is 6. The molecule has 0 saturated carbocycles. The van der Waals surface area contributed by atoms with Crippen molar-refractivity contribution in [3.05, 3.63) is 70.4 Å². The molecule has 32 heavy (non-hydrogen) atoms. The first kappa shape index (κ1) is 23.3. The Morgan fingerprint density at radius 2 is 1.69 bits per heavy atom. The summed E-state index contributed by atoms with van der Waals surface area (Å²) in [5.41, 5.74) is -2.31. The van der Waals surface area contributed by atoms with Crippen LogP contribution in [0.2, 0.25) is 5.15 Å². The van der Waals surface area contributed by atoms with E-state index in [1.807, 2.05) is 0 Å². The van der Waals surface area contributed by atoms with Crippen LogP contribution in [0.15, 0.2) is 52.8 Å². The van der Waals surface area contributed by atoms with Gasteiger partial charge < -0.3 is 5.32 Å². The normalized spacial score (nSPS) is 12.4. The molecule has 3 rings (SSSR count). The summed E-state index contributed by atoms with van der Waals surface area (Å²) < 4.78 is 89.5. The standard InChI is InChI=1S/C18H10ClF7N6/c19-14-6-15(29-10-2-3-12(20)11(5-10)17(21,22)23)31-16(30-14)32-28-8-9-1-4-13(27-7-9)18(24,25)26/h1-7H,8H2,(H,29,30,31). The molecule has 0 radical (unpaired) electrons. The molecule has 14 heteroatoms. The van der Waals surface area contributed by atoms with E-state index in [0.29, 0.717) is 17.7 Å². The molecule has 0 spiro atoms. The highest BCUT2D eigenvalue weighted by Crippen LogP contribution is 2.34. The first-order chi connectivity index (χ1) is 14.9. The number of hydrogen-bond acceptors (Lipinski definition) is 6. The Balaban J connectivity index is 1.73. The highest BCUT2D eigenvalue weighted by Gasteiger charge is 2.34. The minimum atomic E-state index is -4.89. The summed E-state index contributed by atoms with van der Waals surface area (Å²) >= 11 is 5.85. The smallest absolute Gasteiger partial charge is 0.340 e. The van der Waals surface area contributed by atoms with Gasteiger partial charge in [0, 0.05) is 18.0 Å². The van der Waals surface area contributed by atoms with Gasteiger partial charge in [-0.1, -0.05) is 17.7 Å². The van der Waals surface area contributed by atoms with Crippen LogP contribution in [0.4, 0.5) is 48.2 Å². The Morgan fingerprint density at radius 3 is 2.31 bits per heavy atom. The minimum absolute atomic E-state index is 0.0464. The molecule has 0 fully saturated rings. The van der Waals surface area contributed by atoms with E-state index >= 15 is 0 Å². The fourth-order valence-corrected chi connectivity index (χ4v) is 2.53. The Bertz CT molecular complexity index is 1130. The molecule has 0 bridgehead atoms. The van der Waals surface area contributed by atoms with Crippen LogP contribution >= 0.6 is 11.6 Å². The molecular formula is C18H10ClF7N6.